The van der Waals surface area contributed by atoms with Crippen LogP contribution in [0.3, 0.4) is 0 Å². The van der Waals surface area contributed by atoms with Crippen LogP contribution >= 0.6 is 0 Å². The van der Waals surface area contributed by atoms with Gasteiger partial charge in [-0.1, -0.05) is 47.0 Å². The van der Waals surface area contributed by atoms with Crippen LogP contribution in [0.1, 0.15) is 66.2 Å². The van der Waals surface area contributed by atoms with Gasteiger partial charge in [0, 0.05) is 0 Å². The average molecular weight is 194 g/mol. The molecule has 2 aliphatic carbocycles. The quantitative estimate of drug-likeness (QED) is 0.527. The van der Waals surface area contributed by atoms with E-state index in [-0.39, 0.29) is 0 Å². The van der Waals surface area contributed by atoms with Gasteiger partial charge in [-0.3, -0.25) is 0 Å². The van der Waals surface area contributed by atoms with Crippen LogP contribution in [-0.4, -0.2) is 0 Å². The van der Waals surface area contributed by atoms with Gasteiger partial charge >= 0.3 is 0 Å². The highest BCUT2D eigenvalue weighted by Gasteiger charge is 2.46. The third-order valence-electron chi connectivity index (χ3n) is 4.66. The monoisotopic (exact) mass is 194 g/mol. The van der Waals surface area contributed by atoms with Crippen molar-refractivity contribution in [2.45, 2.75) is 66.2 Å². The molecular formula is C14H26. The first-order valence-corrected chi connectivity index (χ1v) is 6.41. The molecule has 0 aliphatic heterocycles. The van der Waals surface area contributed by atoms with Gasteiger partial charge in [-0.15, -0.1) is 0 Å². The summed E-state index contributed by atoms with van der Waals surface area (Å²) in [6.45, 7) is 9.97. The predicted molar refractivity (Wildman–Crippen MR) is 62.2 cm³/mol. The lowest BCUT2D eigenvalue weighted by Gasteiger charge is -2.53. The molecule has 0 N–H and O–H groups in total. The molecule has 0 bridgehead atoms. The Morgan fingerprint density at radius 2 is 1.57 bits per heavy atom. The highest BCUT2D eigenvalue weighted by molar-refractivity contribution is 4.96. The van der Waals surface area contributed by atoms with E-state index in [0.717, 1.165) is 11.8 Å². The van der Waals surface area contributed by atoms with E-state index in [9.17, 15) is 0 Å². The normalized spacial score (nSPS) is 40.3. The lowest BCUT2D eigenvalue weighted by molar-refractivity contribution is -0.0259. The van der Waals surface area contributed by atoms with Gasteiger partial charge in [-0.25, -0.2) is 0 Å². The molecule has 82 valence electrons. The van der Waals surface area contributed by atoms with Gasteiger partial charge in [0.25, 0.3) is 0 Å². The van der Waals surface area contributed by atoms with E-state index in [2.05, 4.69) is 27.7 Å². The Hall–Kier alpha value is 0. The second-order valence-corrected chi connectivity index (χ2v) is 7.18. The first-order chi connectivity index (χ1) is 6.41. The highest BCUT2D eigenvalue weighted by Crippen LogP contribution is 2.56. The average Bonchev–Trinajstić information content (AvgIpc) is 2.00. The summed E-state index contributed by atoms with van der Waals surface area (Å²) in [5, 5.41) is 0. The molecule has 0 radical (unpaired) electrons. The van der Waals surface area contributed by atoms with Crippen molar-refractivity contribution >= 4 is 0 Å². The van der Waals surface area contributed by atoms with E-state index in [0.29, 0.717) is 10.8 Å². The van der Waals surface area contributed by atoms with Crippen LogP contribution < -0.4 is 0 Å². The third kappa shape index (κ3) is 1.85. The van der Waals surface area contributed by atoms with Gasteiger partial charge in [-0.05, 0) is 41.9 Å². The molecule has 0 aromatic heterocycles. The van der Waals surface area contributed by atoms with Crippen LogP contribution in [0.5, 0.6) is 0 Å². The van der Waals surface area contributed by atoms with Gasteiger partial charge in [0.05, 0.1) is 0 Å². The fourth-order valence-corrected chi connectivity index (χ4v) is 4.63. The zero-order valence-corrected chi connectivity index (χ0v) is 10.4. The first kappa shape index (κ1) is 10.5. The van der Waals surface area contributed by atoms with E-state index >= 15 is 0 Å². The molecule has 0 nitrogen and oxygen atoms in total. The summed E-state index contributed by atoms with van der Waals surface area (Å²) in [7, 11) is 0. The standard InChI is InChI=1S/C14H26/c1-13(2)9-11-7-5-6-8-12(11)14(3,4)10-13/h11-12H,5-10H2,1-4H3. The summed E-state index contributed by atoms with van der Waals surface area (Å²) in [6, 6.07) is 0. The van der Waals surface area contributed by atoms with Crippen molar-refractivity contribution in [2.75, 3.05) is 0 Å². The molecule has 0 saturated heterocycles. The molecule has 0 heterocycles. The molecular weight excluding hydrogens is 168 g/mol. The van der Waals surface area contributed by atoms with Crippen LogP contribution in [0.2, 0.25) is 0 Å². The minimum Gasteiger partial charge on any atom is -0.0599 e. The molecule has 0 aromatic carbocycles. The molecule has 2 aliphatic rings. The Morgan fingerprint density at radius 3 is 2.29 bits per heavy atom. The van der Waals surface area contributed by atoms with Crippen molar-refractivity contribution in [3.8, 4) is 0 Å². The van der Waals surface area contributed by atoms with Crippen molar-refractivity contribution in [3.63, 3.8) is 0 Å². The minimum absolute atomic E-state index is 0.599. The maximum atomic E-state index is 2.51. The van der Waals surface area contributed by atoms with Gasteiger partial charge < -0.3 is 0 Å². The van der Waals surface area contributed by atoms with Crippen LogP contribution in [-0.2, 0) is 0 Å². The largest absolute Gasteiger partial charge is 0.0599 e. The summed E-state index contributed by atoms with van der Waals surface area (Å²) in [6.07, 6.45) is 8.92. The summed E-state index contributed by atoms with van der Waals surface area (Å²) in [5.41, 5.74) is 1.20. The molecule has 2 atom stereocenters. The summed E-state index contributed by atoms with van der Waals surface area (Å²) >= 11 is 0. The van der Waals surface area contributed by atoms with E-state index in [4.69, 9.17) is 0 Å². The first-order valence-electron chi connectivity index (χ1n) is 6.41. The molecule has 0 aromatic rings. The Bertz CT molecular complexity index is 212. The molecule has 0 amide bonds. The molecule has 2 fully saturated rings. The number of rotatable bonds is 0. The topological polar surface area (TPSA) is 0 Å². The Balaban J connectivity index is 2.18. The van der Waals surface area contributed by atoms with Crippen LogP contribution in [0.15, 0.2) is 0 Å². The third-order valence-corrected chi connectivity index (χ3v) is 4.66. The van der Waals surface area contributed by atoms with E-state index in [1.54, 1.807) is 0 Å². The summed E-state index contributed by atoms with van der Waals surface area (Å²) < 4.78 is 0. The Labute approximate surface area is 89.5 Å². The second kappa shape index (κ2) is 3.25. The van der Waals surface area contributed by atoms with Crippen LogP contribution in [0, 0.1) is 22.7 Å². The molecule has 2 rings (SSSR count). The summed E-state index contributed by atoms with van der Waals surface area (Å²) in [4.78, 5) is 0. The minimum atomic E-state index is 0.599. The maximum Gasteiger partial charge on any atom is -0.0318 e. The van der Waals surface area contributed by atoms with E-state index in [1.807, 2.05) is 0 Å². The molecule has 2 saturated carbocycles. The zero-order valence-electron chi connectivity index (χ0n) is 10.4. The SMILES string of the molecule is CC1(C)CC2CCCCC2C(C)(C)C1. The molecule has 2 unspecified atom stereocenters. The van der Waals surface area contributed by atoms with Crippen molar-refractivity contribution in [3.05, 3.63) is 0 Å². The number of hydrogen-bond donors (Lipinski definition) is 0. The zero-order chi connectivity index (χ0) is 10.4. The van der Waals surface area contributed by atoms with Gasteiger partial charge in [0.15, 0.2) is 0 Å². The predicted octanol–water partition coefficient (Wildman–Crippen LogP) is 4.64. The van der Waals surface area contributed by atoms with Crippen molar-refractivity contribution in [1.29, 1.82) is 0 Å². The second-order valence-electron chi connectivity index (χ2n) is 7.18. The fraction of sp³-hybridized carbons (Fsp3) is 1.00. The summed E-state index contributed by atoms with van der Waals surface area (Å²) in [5.74, 6) is 2.08. The van der Waals surface area contributed by atoms with Crippen LogP contribution in [0.25, 0.3) is 0 Å². The highest BCUT2D eigenvalue weighted by atomic mass is 14.5. The Morgan fingerprint density at radius 1 is 0.929 bits per heavy atom. The molecule has 0 spiro atoms. The fourth-order valence-electron chi connectivity index (χ4n) is 4.63. The van der Waals surface area contributed by atoms with Crippen LogP contribution in [0.4, 0.5) is 0 Å². The lowest BCUT2D eigenvalue weighted by Crippen LogP contribution is -2.43. The lowest BCUT2D eigenvalue weighted by atomic mass is 9.52. The maximum absolute atomic E-state index is 2.51. The molecule has 14 heavy (non-hydrogen) atoms. The van der Waals surface area contributed by atoms with Crippen molar-refractivity contribution in [2.24, 2.45) is 22.7 Å². The Kier molecular flexibility index (Phi) is 2.44. The van der Waals surface area contributed by atoms with E-state index < -0.39 is 0 Å². The van der Waals surface area contributed by atoms with E-state index in [1.165, 1.54) is 38.5 Å². The van der Waals surface area contributed by atoms with Gasteiger partial charge in [0.2, 0.25) is 0 Å². The molecule has 0 heteroatoms. The van der Waals surface area contributed by atoms with Gasteiger partial charge in [0.1, 0.15) is 0 Å². The van der Waals surface area contributed by atoms with Gasteiger partial charge in [-0.2, -0.15) is 0 Å². The van der Waals surface area contributed by atoms with Crippen molar-refractivity contribution < 1.29 is 0 Å². The number of hydrogen-bond acceptors (Lipinski definition) is 0. The smallest absolute Gasteiger partial charge is 0.0318 e. The number of fused-ring (bicyclic) bond motifs is 1. The van der Waals surface area contributed by atoms with Crippen molar-refractivity contribution in [1.82, 2.24) is 0 Å².